The van der Waals surface area contributed by atoms with Gasteiger partial charge in [-0.25, -0.2) is 14.2 Å². The van der Waals surface area contributed by atoms with Crippen molar-refractivity contribution < 1.29 is 14.3 Å². The highest BCUT2D eigenvalue weighted by Gasteiger charge is 2.45. The lowest BCUT2D eigenvalue weighted by Crippen LogP contribution is -2.50. The second kappa shape index (κ2) is 6.42. The fraction of sp³-hybridized carbons (Fsp3) is 0.526. The first-order chi connectivity index (χ1) is 12.9. The zero-order valence-corrected chi connectivity index (χ0v) is 16.4. The van der Waals surface area contributed by atoms with Gasteiger partial charge in [-0.15, -0.1) is 12.4 Å². The average Bonchev–Trinajstić information content (AvgIpc) is 3.28. The number of carboxylic acids is 1. The van der Waals surface area contributed by atoms with Gasteiger partial charge in [-0.3, -0.25) is 4.79 Å². The third-order valence-electron chi connectivity index (χ3n) is 6.29. The van der Waals surface area contributed by atoms with Crippen LogP contribution in [0.1, 0.15) is 48.1 Å². The van der Waals surface area contributed by atoms with Gasteiger partial charge in [-0.1, -0.05) is 0 Å². The number of carbonyl (C=O) groups is 1. The molecule has 2 aromatic rings. The molecule has 2 saturated heterocycles. The molecule has 3 fully saturated rings. The summed E-state index contributed by atoms with van der Waals surface area (Å²) in [6.07, 6.45) is 4.13. The number of aromatic carboxylic acids is 1. The number of aryl methyl sites for hydroxylation is 1. The zero-order chi connectivity index (χ0) is 19.0. The predicted molar refractivity (Wildman–Crippen MR) is 105 cm³/mol. The van der Waals surface area contributed by atoms with E-state index >= 15 is 4.39 Å². The Morgan fingerprint density at radius 1 is 1.36 bits per heavy atom. The van der Waals surface area contributed by atoms with Crippen LogP contribution in [-0.4, -0.2) is 45.3 Å². The summed E-state index contributed by atoms with van der Waals surface area (Å²) >= 11 is 0. The van der Waals surface area contributed by atoms with Crippen LogP contribution in [0.5, 0.6) is 0 Å². The fourth-order valence-electron chi connectivity index (χ4n) is 4.68. The normalized spacial score (nSPS) is 26.0. The van der Waals surface area contributed by atoms with Gasteiger partial charge in [0, 0.05) is 42.5 Å². The lowest BCUT2D eigenvalue weighted by Gasteiger charge is -2.35. The molecule has 2 bridgehead atoms. The summed E-state index contributed by atoms with van der Waals surface area (Å²) < 4.78 is 17.1. The van der Waals surface area contributed by atoms with E-state index in [-0.39, 0.29) is 52.9 Å². The zero-order valence-electron chi connectivity index (χ0n) is 15.6. The first-order valence-electron chi connectivity index (χ1n) is 9.38. The predicted octanol–water partition coefficient (Wildman–Crippen LogP) is 2.24. The number of piperazine rings is 1. The van der Waals surface area contributed by atoms with Crippen molar-refractivity contribution in [3.63, 3.8) is 0 Å². The van der Waals surface area contributed by atoms with Crippen molar-refractivity contribution in [3.8, 4) is 0 Å². The van der Waals surface area contributed by atoms with E-state index in [9.17, 15) is 14.7 Å². The van der Waals surface area contributed by atoms with Crippen LogP contribution in [0.3, 0.4) is 0 Å². The van der Waals surface area contributed by atoms with Crippen LogP contribution in [0, 0.1) is 12.7 Å². The van der Waals surface area contributed by atoms with Gasteiger partial charge >= 0.3 is 5.97 Å². The maximum absolute atomic E-state index is 15.3. The summed E-state index contributed by atoms with van der Waals surface area (Å²) in [4.78, 5) is 30.9. The van der Waals surface area contributed by atoms with Crippen molar-refractivity contribution in [2.24, 2.45) is 0 Å². The summed E-state index contributed by atoms with van der Waals surface area (Å²) in [6.45, 7) is 4.39. The molecule has 2 aromatic heterocycles. The fourth-order valence-corrected chi connectivity index (χ4v) is 4.68. The maximum atomic E-state index is 15.3. The van der Waals surface area contributed by atoms with Crippen LogP contribution >= 0.6 is 12.4 Å². The minimum absolute atomic E-state index is 0. The molecule has 0 unspecified atom stereocenters. The van der Waals surface area contributed by atoms with Crippen LogP contribution in [0.4, 0.5) is 10.2 Å². The van der Waals surface area contributed by atoms with Crippen LogP contribution < -0.4 is 15.6 Å². The summed E-state index contributed by atoms with van der Waals surface area (Å²) in [5, 5.41) is 12.9. The van der Waals surface area contributed by atoms with Gasteiger partial charge in [0.1, 0.15) is 11.2 Å². The topological polar surface area (TPSA) is 87.5 Å². The first-order valence-corrected chi connectivity index (χ1v) is 9.38. The van der Waals surface area contributed by atoms with E-state index in [2.05, 4.69) is 17.2 Å². The highest BCUT2D eigenvalue weighted by molar-refractivity contribution is 5.93. The molecule has 7 nitrogen and oxygen atoms in total. The standard InChI is InChI=1S/C19H21FN4O3.ClH/c1-8-14-16(25)12(19(26)27)7-23(10-3-4-10)17(14)22-18(15(8)20)24-9(2)13-5-11(24)6-21-13;/h7,9-11,13,21H,3-6H2,1-2H3,(H,26,27);1H/t9-,11-,13-;/m1./s1. The van der Waals surface area contributed by atoms with Crippen LogP contribution in [0.15, 0.2) is 11.0 Å². The molecule has 28 heavy (non-hydrogen) atoms. The molecule has 0 radical (unpaired) electrons. The van der Waals surface area contributed by atoms with Gasteiger partial charge in [0.15, 0.2) is 11.6 Å². The Hall–Kier alpha value is -2.19. The number of hydrogen-bond donors (Lipinski definition) is 2. The van der Waals surface area contributed by atoms with E-state index in [1.54, 1.807) is 11.5 Å². The number of aromatic nitrogens is 2. The molecule has 3 aliphatic rings. The number of nitrogens with zero attached hydrogens (tertiary/aromatic N) is 3. The molecule has 5 rings (SSSR count). The molecule has 2 aliphatic heterocycles. The second-order valence-electron chi connectivity index (χ2n) is 7.94. The smallest absolute Gasteiger partial charge is 0.341 e. The Kier molecular flexibility index (Phi) is 4.39. The Morgan fingerprint density at radius 2 is 2.07 bits per heavy atom. The number of rotatable bonds is 3. The minimum atomic E-state index is -1.29. The highest BCUT2D eigenvalue weighted by atomic mass is 35.5. The summed E-state index contributed by atoms with van der Waals surface area (Å²) in [5.41, 5.74) is -0.420. The van der Waals surface area contributed by atoms with Gasteiger partial charge in [0.05, 0.1) is 5.39 Å². The number of fused-ring (bicyclic) bond motifs is 3. The van der Waals surface area contributed by atoms with Gasteiger partial charge < -0.3 is 19.9 Å². The van der Waals surface area contributed by atoms with Crippen molar-refractivity contribution in [1.82, 2.24) is 14.9 Å². The molecule has 1 aliphatic carbocycles. The quantitative estimate of drug-likeness (QED) is 0.809. The minimum Gasteiger partial charge on any atom is -0.477 e. The van der Waals surface area contributed by atoms with Gasteiger partial charge in [-0.05, 0) is 33.1 Å². The second-order valence-corrected chi connectivity index (χ2v) is 7.94. The lowest BCUT2D eigenvalue weighted by molar-refractivity contribution is 0.0695. The Morgan fingerprint density at radius 3 is 2.64 bits per heavy atom. The molecular formula is C19H22ClFN4O3. The van der Waals surface area contributed by atoms with Crippen molar-refractivity contribution in [2.75, 3.05) is 11.4 Å². The Labute approximate surface area is 167 Å². The van der Waals surface area contributed by atoms with Crippen LogP contribution in [-0.2, 0) is 0 Å². The van der Waals surface area contributed by atoms with Crippen molar-refractivity contribution in [3.05, 3.63) is 33.4 Å². The van der Waals surface area contributed by atoms with Gasteiger partial charge in [-0.2, -0.15) is 0 Å². The molecule has 0 spiro atoms. The molecule has 0 amide bonds. The average molecular weight is 409 g/mol. The number of pyridine rings is 2. The number of anilines is 1. The molecule has 0 aromatic carbocycles. The Bertz CT molecular complexity index is 1050. The van der Waals surface area contributed by atoms with E-state index in [0.29, 0.717) is 11.7 Å². The number of halogens is 2. The van der Waals surface area contributed by atoms with Gasteiger partial charge in [0.25, 0.3) is 0 Å². The molecule has 3 atom stereocenters. The van der Waals surface area contributed by atoms with Crippen molar-refractivity contribution >= 4 is 35.2 Å². The SMILES string of the molecule is Cc1c(F)c(N2[C@H]3CN[C@H](C3)[C@H]2C)nc2c1c(=O)c(C(=O)O)cn2C1CC1.Cl. The van der Waals surface area contributed by atoms with E-state index in [0.717, 1.165) is 25.8 Å². The van der Waals surface area contributed by atoms with Crippen LogP contribution in [0.2, 0.25) is 0 Å². The van der Waals surface area contributed by atoms with E-state index < -0.39 is 17.2 Å². The highest BCUT2D eigenvalue weighted by Crippen LogP contribution is 2.40. The third-order valence-corrected chi connectivity index (χ3v) is 6.29. The maximum Gasteiger partial charge on any atom is 0.341 e. The molecule has 150 valence electrons. The number of carboxylic acid groups (broad SMARTS) is 1. The summed E-state index contributed by atoms with van der Waals surface area (Å²) in [7, 11) is 0. The van der Waals surface area contributed by atoms with Crippen molar-refractivity contribution in [2.45, 2.75) is 57.3 Å². The van der Waals surface area contributed by atoms with Crippen LogP contribution in [0.25, 0.3) is 11.0 Å². The molecule has 9 heteroatoms. The third kappa shape index (κ3) is 2.54. The van der Waals surface area contributed by atoms with E-state index in [1.165, 1.54) is 6.20 Å². The summed E-state index contributed by atoms with van der Waals surface area (Å²) in [6, 6.07) is 0.725. The molecular weight excluding hydrogens is 387 g/mol. The van der Waals surface area contributed by atoms with E-state index in [4.69, 9.17) is 0 Å². The van der Waals surface area contributed by atoms with Crippen molar-refractivity contribution in [1.29, 1.82) is 0 Å². The molecule has 2 N–H and O–H groups in total. The molecule has 1 saturated carbocycles. The largest absolute Gasteiger partial charge is 0.477 e. The Balaban J connectivity index is 0.00000192. The number of hydrogen-bond acceptors (Lipinski definition) is 5. The molecule has 4 heterocycles. The monoisotopic (exact) mass is 408 g/mol. The lowest BCUT2D eigenvalue weighted by atomic mass is 10.1. The summed E-state index contributed by atoms with van der Waals surface area (Å²) in [5.74, 6) is -1.54. The number of nitrogens with one attached hydrogen (secondary N) is 1. The van der Waals surface area contributed by atoms with Gasteiger partial charge in [0.2, 0.25) is 5.43 Å². The first kappa shape index (κ1) is 19.1. The van der Waals surface area contributed by atoms with E-state index in [1.807, 2.05) is 4.90 Å².